The average molecular weight is 524 g/mol. The van der Waals surface area contributed by atoms with Crippen LogP contribution in [0.5, 0.6) is 0 Å². The number of hydrogen-bond donors (Lipinski definition) is 1. The van der Waals surface area contributed by atoms with E-state index in [9.17, 15) is 22.4 Å². The van der Waals surface area contributed by atoms with Gasteiger partial charge in [0, 0.05) is 17.6 Å². The molecule has 0 radical (unpaired) electrons. The van der Waals surface area contributed by atoms with Crippen LogP contribution < -0.4 is 9.62 Å². The van der Waals surface area contributed by atoms with Gasteiger partial charge < -0.3 is 10.2 Å². The highest BCUT2D eigenvalue weighted by Gasteiger charge is 2.31. The van der Waals surface area contributed by atoms with Crippen LogP contribution in [0.25, 0.3) is 0 Å². The highest BCUT2D eigenvalue weighted by atomic mass is 35.5. The number of sulfonamides is 1. The second-order valence-corrected chi connectivity index (χ2v) is 11.2. The molecule has 1 aliphatic carbocycles. The van der Waals surface area contributed by atoms with Gasteiger partial charge in [0.05, 0.1) is 11.9 Å². The maximum atomic E-state index is 14.5. The van der Waals surface area contributed by atoms with Gasteiger partial charge in [0.15, 0.2) is 0 Å². The van der Waals surface area contributed by atoms with E-state index < -0.39 is 34.3 Å². The Labute approximate surface area is 211 Å². The molecule has 3 rings (SSSR count). The van der Waals surface area contributed by atoms with Crippen LogP contribution in [0.1, 0.15) is 44.6 Å². The minimum Gasteiger partial charge on any atom is -0.352 e. The van der Waals surface area contributed by atoms with Crippen LogP contribution in [0.3, 0.4) is 0 Å². The van der Waals surface area contributed by atoms with Crippen LogP contribution in [-0.4, -0.2) is 50.0 Å². The summed E-state index contributed by atoms with van der Waals surface area (Å²) in [6.45, 7) is 0.989. The van der Waals surface area contributed by atoms with E-state index >= 15 is 0 Å². The number of carbonyl (C=O) groups excluding carboxylic acids is 2. The Hall–Kier alpha value is -2.65. The molecule has 7 nitrogen and oxygen atoms in total. The van der Waals surface area contributed by atoms with Crippen LogP contribution in [0.15, 0.2) is 48.5 Å². The first-order valence-electron chi connectivity index (χ1n) is 11.6. The summed E-state index contributed by atoms with van der Waals surface area (Å²) in [6.07, 6.45) is 5.89. The molecule has 1 atom stereocenters. The zero-order valence-corrected chi connectivity index (χ0v) is 21.5. The Morgan fingerprint density at radius 2 is 1.80 bits per heavy atom. The molecule has 2 aromatic carbocycles. The highest BCUT2D eigenvalue weighted by Crippen LogP contribution is 2.23. The number of nitrogens with one attached hydrogen (secondary N) is 1. The van der Waals surface area contributed by atoms with Crippen molar-refractivity contribution in [3.8, 4) is 0 Å². The van der Waals surface area contributed by atoms with Gasteiger partial charge in [-0.15, -0.1) is 0 Å². The molecule has 0 aromatic heterocycles. The third kappa shape index (κ3) is 7.41. The molecule has 0 bridgehead atoms. The quantitative estimate of drug-likeness (QED) is 0.536. The van der Waals surface area contributed by atoms with E-state index in [1.165, 1.54) is 23.1 Å². The second-order valence-electron chi connectivity index (χ2n) is 8.89. The predicted molar refractivity (Wildman–Crippen MR) is 135 cm³/mol. The van der Waals surface area contributed by atoms with E-state index in [4.69, 9.17) is 11.6 Å². The maximum Gasteiger partial charge on any atom is 0.244 e. The minimum absolute atomic E-state index is 0.0352. The molecular weight excluding hydrogens is 493 g/mol. The average Bonchev–Trinajstić information content (AvgIpc) is 2.81. The summed E-state index contributed by atoms with van der Waals surface area (Å²) in [5.41, 5.74) is 0.449. The van der Waals surface area contributed by atoms with Crippen molar-refractivity contribution in [3.05, 3.63) is 64.9 Å². The first-order valence-corrected chi connectivity index (χ1v) is 13.9. The standard InChI is InChI=1S/C25H31ClFN3O4S/c1-18(25(32)28-21-11-4-3-5-12-21)29(16-19-9-8-10-20(26)15-19)24(31)17-30(35(2,33)34)23-14-7-6-13-22(23)27/h6-10,13-15,18,21H,3-5,11-12,16-17H2,1-2H3,(H,28,32). The summed E-state index contributed by atoms with van der Waals surface area (Å²) in [5, 5.41) is 3.50. The van der Waals surface area contributed by atoms with E-state index in [1.807, 2.05) is 0 Å². The fourth-order valence-corrected chi connectivity index (χ4v) is 5.30. The third-order valence-electron chi connectivity index (χ3n) is 6.16. The molecular formula is C25H31ClFN3O4S. The smallest absolute Gasteiger partial charge is 0.244 e. The van der Waals surface area contributed by atoms with Gasteiger partial charge in [-0.05, 0) is 49.6 Å². The number of hydrogen-bond acceptors (Lipinski definition) is 4. The van der Waals surface area contributed by atoms with Gasteiger partial charge in [0.1, 0.15) is 18.4 Å². The number of anilines is 1. The predicted octanol–water partition coefficient (Wildman–Crippen LogP) is 4.11. The van der Waals surface area contributed by atoms with E-state index in [0.29, 0.717) is 10.6 Å². The van der Waals surface area contributed by atoms with E-state index in [2.05, 4.69) is 5.32 Å². The van der Waals surface area contributed by atoms with Crippen LogP contribution >= 0.6 is 11.6 Å². The molecule has 35 heavy (non-hydrogen) atoms. The van der Waals surface area contributed by atoms with Crippen molar-refractivity contribution in [2.45, 2.75) is 57.7 Å². The normalized spacial score (nSPS) is 15.3. The molecule has 2 aromatic rings. The van der Waals surface area contributed by atoms with Gasteiger partial charge in [-0.2, -0.15) is 0 Å². The Kier molecular flexibility index (Phi) is 9.13. The van der Waals surface area contributed by atoms with Gasteiger partial charge in [-0.3, -0.25) is 13.9 Å². The SMILES string of the molecule is CC(C(=O)NC1CCCCC1)N(Cc1cccc(Cl)c1)C(=O)CN(c1ccccc1F)S(C)(=O)=O. The van der Waals surface area contributed by atoms with E-state index in [-0.39, 0.29) is 24.2 Å². The molecule has 10 heteroatoms. The summed E-state index contributed by atoms with van der Waals surface area (Å²) in [6, 6.07) is 11.4. The van der Waals surface area contributed by atoms with Gasteiger partial charge in [-0.25, -0.2) is 12.8 Å². The molecule has 0 heterocycles. The number of benzene rings is 2. The lowest BCUT2D eigenvalue weighted by molar-refractivity contribution is -0.139. The van der Waals surface area contributed by atoms with Gasteiger partial charge in [0.2, 0.25) is 21.8 Å². The number of amides is 2. The van der Waals surface area contributed by atoms with Gasteiger partial charge in [-0.1, -0.05) is 55.1 Å². The molecule has 0 spiro atoms. The summed E-state index contributed by atoms with van der Waals surface area (Å²) in [7, 11) is -3.99. The Bertz CT molecular complexity index is 1150. The largest absolute Gasteiger partial charge is 0.352 e. The van der Waals surface area contributed by atoms with Crippen molar-refractivity contribution in [2.75, 3.05) is 17.1 Å². The molecule has 190 valence electrons. The van der Waals surface area contributed by atoms with Crippen molar-refractivity contribution in [2.24, 2.45) is 0 Å². The zero-order chi connectivity index (χ0) is 25.6. The Morgan fingerprint density at radius 3 is 2.43 bits per heavy atom. The van der Waals surface area contributed by atoms with Gasteiger partial charge in [0.25, 0.3) is 0 Å². The van der Waals surface area contributed by atoms with Crippen LogP contribution in [0, 0.1) is 5.82 Å². The van der Waals surface area contributed by atoms with E-state index in [1.54, 1.807) is 31.2 Å². The van der Waals surface area contributed by atoms with Crippen molar-refractivity contribution in [3.63, 3.8) is 0 Å². The van der Waals surface area contributed by atoms with Crippen LogP contribution in [0.4, 0.5) is 10.1 Å². The third-order valence-corrected chi connectivity index (χ3v) is 7.52. The lowest BCUT2D eigenvalue weighted by atomic mass is 9.95. The first kappa shape index (κ1) is 26.9. The van der Waals surface area contributed by atoms with Crippen LogP contribution in [-0.2, 0) is 26.2 Å². The number of nitrogens with zero attached hydrogens (tertiary/aromatic N) is 2. The van der Waals surface area contributed by atoms with Crippen molar-refractivity contribution in [1.29, 1.82) is 0 Å². The highest BCUT2D eigenvalue weighted by molar-refractivity contribution is 7.92. The summed E-state index contributed by atoms with van der Waals surface area (Å²) in [5.74, 6) is -1.72. The monoisotopic (exact) mass is 523 g/mol. The lowest BCUT2D eigenvalue weighted by Gasteiger charge is -2.33. The topological polar surface area (TPSA) is 86.8 Å². The number of rotatable bonds is 9. The fraction of sp³-hybridized carbons (Fsp3) is 0.440. The second kappa shape index (κ2) is 11.9. The number of carbonyl (C=O) groups is 2. The molecule has 0 aliphatic heterocycles. The Balaban J connectivity index is 1.88. The first-order chi connectivity index (χ1) is 16.6. The number of para-hydroxylation sites is 1. The molecule has 1 unspecified atom stereocenters. The maximum absolute atomic E-state index is 14.5. The molecule has 0 saturated heterocycles. The summed E-state index contributed by atoms with van der Waals surface area (Å²) >= 11 is 6.11. The molecule has 1 N–H and O–H groups in total. The molecule has 1 fully saturated rings. The fourth-order valence-electron chi connectivity index (χ4n) is 4.23. The van der Waals surface area contributed by atoms with Crippen LogP contribution in [0.2, 0.25) is 5.02 Å². The minimum atomic E-state index is -3.99. The lowest BCUT2D eigenvalue weighted by Crippen LogP contribution is -2.53. The van der Waals surface area contributed by atoms with Gasteiger partial charge >= 0.3 is 0 Å². The van der Waals surface area contributed by atoms with Crippen molar-refractivity contribution < 1.29 is 22.4 Å². The summed E-state index contributed by atoms with van der Waals surface area (Å²) in [4.78, 5) is 27.9. The zero-order valence-electron chi connectivity index (χ0n) is 19.9. The molecule has 2 amide bonds. The molecule has 1 aliphatic rings. The summed E-state index contributed by atoms with van der Waals surface area (Å²) < 4.78 is 40.2. The molecule has 1 saturated carbocycles. The van der Waals surface area contributed by atoms with E-state index in [0.717, 1.165) is 48.7 Å². The Morgan fingerprint density at radius 1 is 1.11 bits per heavy atom. The van der Waals surface area contributed by atoms with Crippen molar-refractivity contribution >= 4 is 39.1 Å². The van der Waals surface area contributed by atoms with Crippen molar-refractivity contribution in [1.82, 2.24) is 10.2 Å². The number of halogens is 2.